The number of rotatable bonds is 4. The van der Waals surface area contributed by atoms with Crippen molar-refractivity contribution >= 4 is 17.8 Å². The highest BCUT2D eigenvalue weighted by Crippen LogP contribution is 2.44. The van der Waals surface area contributed by atoms with Crippen molar-refractivity contribution < 1.29 is 14.4 Å². The second kappa shape index (κ2) is 6.36. The molecule has 1 saturated heterocycles. The first-order valence-electron chi connectivity index (χ1n) is 9.82. The van der Waals surface area contributed by atoms with Gasteiger partial charge in [0.05, 0.1) is 0 Å². The van der Waals surface area contributed by atoms with Gasteiger partial charge in [0.1, 0.15) is 5.54 Å². The number of nitrogens with zero attached hydrogens (tertiary/aromatic N) is 1. The molecule has 3 aliphatic rings. The topological polar surface area (TPSA) is 78.5 Å². The fraction of sp³-hybridized carbons (Fsp3) is 0.571. The summed E-state index contributed by atoms with van der Waals surface area (Å²) in [6.45, 7) is 5.70. The van der Waals surface area contributed by atoms with Crippen molar-refractivity contribution in [1.29, 1.82) is 0 Å². The molecule has 0 spiro atoms. The molecule has 0 bridgehead atoms. The molecular weight excluding hydrogens is 342 g/mol. The third-order valence-electron chi connectivity index (χ3n) is 6.31. The molecule has 6 nitrogen and oxygen atoms in total. The van der Waals surface area contributed by atoms with Crippen molar-refractivity contribution in [1.82, 2.24) is 15.5 Å². The Morgan fingerprint density at radius 3 is 2.63 bits per heavy atom. The van der Waals surface area contributed by atoms with E-state index in [9.17, 15) is 14.4 Å². The smallest absolute Gasteiger partial charge is 0.322 e. The number of carbonyl (C=O) groups excluding carboxylic acids is 3. The van der Waals surface area contributed by atoms with Gasteiger partial charge < -0.3 is 10.2 Å². The van der Waals surface area contributed by atoms with E-state index < -0.39 is 11.6 Å². The minimum Gasteiger partial charge on any atom is -0.341 e. The first-order valence-corrected chi connectivity index (χ1v) is 9.82. The standard InChI is InChI=1S/C21H27N3O3/c1-20(2)13-24(12-10-14-5-3-4-6-16(14)20)17(25)9-11-21(15-7-8-15)18(26)22-19(27)23-21/h3-6,15H,7-13H2,1-2H3,(H2,22,23,26,27)/t21-/m0/s1. The molecule has 1 aromatic carbocycles. The number of imide groups is 1. The lowest BCUT2D eigenvalue weighted by Crippen LogP contribution is -2.50. The summed E-state index contributed by atoms with van der Waals surface area (Å²) in [5.74, 6) is -0.0576. The first kappa shape index (κ1) is 18.0. The highest BCUT2D eigenvalue weighted by molar-refractivity contribution is 6.07. The molecular formula is C21H27N3O3. The number of fused-ring (bicyclic) bond motifs is 1. The minimum atomic E-state index is -0.892. The fourth-order valence-corrected chi connectivity index (χ4v) is 4.72. The van der Waals surface area contributed by atoms with Crippen LogP contribution in [-0.2, 0) is 21.4 Å². The molecule has 1 aliphatic carbocycles. The van der Waals surface area contributed by atoms with E-state index >= 15 is 0 Å². The van der Waals surface area contributed by atoms with E-state index in [0.717, 1.165) is 19.3 Å². The predicted molar refractivity (Wildman–Crippen MR) is 101 cm³/mol. The number of amides is 4. The second-order valence-electron chi connectivity index (χ2n) is 8.76. The Labute approximate surface area is 159 Å². The normalized spacial score (nSPS) is 26.8. The highest BCUT2D eigenvalue weighted by Gasteiger charge is 2.55. The number of hydrogen-bond acceptors (Lipinski definition) is 3. The Balaban J connectivity index is 1.46. The summed E-state index contributed by atoms with van der Waals surface area (Å²) in [6.07, 6.45) is 3.34. The molecule has 2 fully saturated rings. The number of urea groups is 1. The molecule has 0 unspecified atom stereocenters. The number of hydrogen-bond donors (Lipinski definition) is 2. The fourth-order valence-electron chi connectivity index (χ4n) is 4.72. The van der Waals surface area contributed by atoms with E-state index in [1.54, 1.807) is 0 Å². The van der Waals surface area contributed by atoms with Crippen molar-refractivity contribution in [2.75, 3.05) is 13.1 Å². The Morgan fingerprint density at radius 1 is 1.22 bits per heavy atom. The van der Waals surface area contributed by atoms with Crippen LogP contribution < -0.4 is 10.6 Å². The van der Waals surface area contributed by atoms with Gasteiger partial charge in [-0.05, 0) is 42.7 Å². The maximum Gasteiger partial charge on any atom is 0.322 e. The molecule has 6 heteroatoms. The third kappa shape index (κ3) is 3.22. The molecule has 1 atom stereocenters. The molecule has 1 saturated carbocycles. The minimum absolute atomic E-state index is 0.0601. The van der Waals surface area contributed by atoms with E-state index in [1.807, 2.05) is 11.0 Å². The van der Waals surface area contributed by atoms with Crippen molar-refractivity contribution in [2.24, 2.45) is 5.92 Å². The summed E-state index contributed by atoms with van der Waals surface area (Å²) in [6, 6.07) is 7.96. The van der Waals surface area contributed by atoms with Gasteiger partial charge in [-0.1, -0.05) is 38.1 Å². The van der Waals surface area contributed by atoms with E-state index in [2.05, 4.69) is 42.7 Å². The zero-order chi connectivity index (χ0) is 19.2. The van der Waals surface area contributed by atoms with Crippen molar-refractivity contribution in [2.45, 2.75) is 56.9 Å². The van der Waals surface area contributed by atoms with Gasteiger partial charge >= 0.3 is 6.03 Å². The molecule has 4 rings (SSSR count). The van der Waals surface area contributed by atoms with Crippen LogP contribution in [0, 0.1) is 5.92 Å². The van der Waals surface area contributed by atoms with Crippen LogP contribution in [-0.4, -0.2) is 41.4 Å². The van der Waals surface area contributed by atoms with Crippen LogP contribution in [0.5, 0.6) is 0 Å². The van der Waals surface area contributed by atoms with Gasteiger partial charge in [0.2, 0.25) is 5.91 Å². The number of carbonyl (C=O) groups is 3. The molecule has 144 valence electrons. The van der Waals surface area contributed by atoms with Crippen LogP contribution in [0.15, 0.2) is 24.3 Å². The average molecular weight is 369 g/mol. The van der Waals surface area contributed by atoms with Crippen LogP contribution in [0.1, 0.15) is 50.7 Å². The largest absolute Gasteiger partial charge is 0.341 e. The Bertz CT molecular complexity index is 800. The Hall–Kier alpha value is -2.37. The zero-order valence-electron chi connectivity index (χ0n) is 16.0. The molecule has 0 radical (unpaired) electrons. The van der Waals surface area contributed by atoms with E-state index in [-0.39, 0.29) is 29.6 Å². The molecule has 27 heavy (non-hydrogen) atoms. The summed E-state index contributed by atoms with van der Waals surface area (Å²) >= 11 is 0. The number of nitrogens with one attached hydrogen (secondary N) is 2. The molecule has 4 amide bonds. The van der Waals surface area contributed by atoms with Crippen LogP contribution in [0.2, 0.25) is 0 Å². The highest BCUT2D eigenvalue weighted by atomic mass is 16.2. The van der Waals surface area contributed by atoms with Gasteiger partial charge in [0.25, 0.3) is 5.91 Å². The summed E-state index contributed by atoms with van der Waals surface area (Å²) < 4.78 is 0. The quantitative estimate of drug-likeness (QED) is 0.798. The van der Waals surface area contributed by atoms with Crippen LogP contribution in [0.3, 0.4) is 0 Å². The van der Waals surface area contributed by atoms with Crippen LogP contribution in [0.4, 0.5) is 4.79 Å². The molecule has 2 heterocycles. The molecule has 1 aromatic rings. The van der Waals surface area contributed by atoms with Crippen molar-refractivity contribution in [3.63, 3.8) is 0 Å². The Morgan fingerprint density at radius 2 is 1.96 bits per heavy atom. The van der Waals surface area contributed by atoms with Crippen molar-refractivity contribution in [3.05, 3.63) is 35.4 Å². The first-order chi connectivity index (χ1) is 12.8. The summed E-state index contributed by atoms with van der Waals surface area (Å²) in [7, 11) is 0. The van der Waals surface area contributed by atoms with Gasteiger partial charge in [-0.25, -0.2) is 4.79 Å². The number of benzene rings is 1. The monoisotopic (exact) mass is 369 g/mol. The predicted octanol–water partition coefficient (Wildman–Crippen LogP) is 2.12. The lowest BCUT2D eigenvalue weighted by Gasteiger charge is -2.32. The summed E-state index contributed by atoms with van der Waals surface area (Å²) in [5.41, 5.74) is 1.60. The SMILES string of the molecule is CC1(C)CN(C(=O)CC[C@@]2(C3CC3)NC(=O)NC2=O)CCc2ccccc21. The van der Waals surface area contributed by atoms with E-state index in [0.29, 0.717) is 19.5 Å². The van der Waals surface area contributed by atoms with Gasteiger partial charge in [-0.3, -0.25) is 14.9 Å². The average Bonchev–Trinajstić information content (AvgIpc) is 3.43. The lowest BCUT2D eigenvalue weighted by molar-refractivity contribution is -0.133. The summed E-state index contributed by atoms with van der Waals surface area (Å²) in [4.78, 5) is 39.0. The molecule has 2 aliphatic heterocycles. The van der Waals surface area contributed by atoms with Crippen LogP contribution in [0.25, 0.3) is 0 Å². The molecule has 0 aromatic heterocycles. The van der Waals surface area contributed by atoms with Crippen molar-refractivity contribution in [3.8, 4) is 0 Å². The maximum atomic E-state index is 13.0. The van der Waals surface area contributed by atoms with Crippen LogP contribution >= 0.6 is 0 Å². The van der Waals surface area contributed by atoms with Gasteiger partial charge in [0.15, 0.2) is 0 Å². The van der Waals surface area contributed by atoms with E-state index in [1.165, 1.54) is 11.1 Å². The van der Waals surface area contributed by atoms with Gasteiger partial charge in [-0.15, -0.1) is 0 Å². The van der Waals surface area contributed by atoms with E-state index in [4.69, 9.17) is 0 Å². The zero-order valence-corrected chi connectivity index (χ0v) is 16.0. The molecule has 2 N–H and O–H groups in total. The second-order valence-corrected chi connectivity index (χ2v) is 8.76. The van der Waals surface area contributed by atoms with Gasteiger partial charge in [-0.2, -0.15) is 0 Å². The summed E-state index contributed by atoms with van der Waals surface area (Å²) in [5, 5.41) is 5.16. The maximum absolute atomic E-state index is 13.0. The van der Waals surface area contributed by atoms with Gasteiger partial charge in [0, 0.05) is 24.9 Å². The third-order valence-corrected chi connectivity index (χ3v) is 6.31. The Kier molecular flexibility index (Phi) is 4.24. The lowest BCUT2D eigenvalue weighted by atomic mass is 9.82.